The standard InChI is InChI=1S/C8H14O.Ca.2H/c9-7-6-8-4-2-1-3-5-8;;;/h7-8H,1-6H2;;;. The molecule has 1 aliphatic carbocycles. The van der Waals surface area contributed by atoms with Crippen molar-refractivity contribution in [2.45, 2.75) is 38.5 Å². The van der Waals surface area contributed by atoms with E-state index in [9.17, 15) is 4.79 Å². The summed E-state index contributed by atoms with van der Waals surface area (Å²) >= 11 is 0. The predicted octanol–water partition coefficient (Wildman–Crippen LogP) is 1.24. The van der Waals surface area contributed by atoms with Crippen LogP contribution in [0.15, 0.2) is 0 Å². The van der Waals surface area contributed by atoms with Crippen LogP contribution in [0.5, 0.6) is 0 Å². The van der Waals surface area contributed by atoms with Crippen molar-refractivity contribution in [2.24, 2.45) is 5.92 Å². The van der Waals surface area contributed by atoms with Gasteiger partial charge in [0.05, 0.1) is 0 Å². The number of hydrogen-bond donors (Lipinski definition) is 0. The SMILES string of the molecule is O=CCC1CCCCC1.[CaH2]. The van der Waals surface area contributed by atoms with Crippen molar-refractivity contribution in [3.63, 3.8) is 0 Å². The van der Waals surface area contributed by atoms with Crippen LogP contribution in [-0.2, 0) is 4.79 Å². The first-order valence-corrected chi connectivity index (χ1v) is 3.87. The van der Waals surface area contributed by atoms with Gasteiger partial charge in [-0.05, 0) is 5.92 Å². The number of carbonyl (C=O) groups is 1. The Labute approximate surface area is 92.6 Å². The normalized spacial score (nSPS) is 19.6. The van der Waals surface area contributed by atoms with Crippen LogP contribution in [0.4, 0.5) is 0 Å². The molecule has 0 atom stereocenters. The molecular weight excluding hydrogens is 152 g/mol. The second-order valence-corrected chi connectivity index (χ2v) is 2.91. The Morgan fingerprint density at radius 1 is 1.20 bits per heavy atom. The fourth-order valence-electron chi connectivity index (χ4n) is 1.56. The monoisotopic (exact) mass is 168 g/mol. The van der Waals surface area contributed by atoms with Crippen molar-refractivity contribution in [1.82, 2.24) is 0 Å². The molecule has 0 amide bonds. The van der Waals surface area contributed by atoms with Crippen LogP contribution in [0.2, 0.25) is 0 Å². The molecule has 0 bridgehead atoms. The molecule has 0 aromatic heterocycles. The Bertz CT molecular complexity index is 87.3. The minimum atomic E-state index is 0. The summed E-state index contributed by atoms with van der Waals surface area (Å²) in [6.45, 7) is 0. The van der Waals surface area contributed by atoms with Gasteiger partial charge in [0.15, 0.2) is 0 Å². The van der Waals surface area contributed by atoms with Crippen LogP contribution >= 0.6 is 0 Å². The molecule has 0 unspecified atom stereocenters. The number of aldehydes is 1. The van der Waals surface area contributed by atoms with E-state index in [4.69, 9.17) is 0 Å². The molecule has 1 saturated carbocycles. The van der Waals surface area contributed by atoms with Crippen LogP contribution in [0.25, 0.3) is 0 Å². The van der Waals surface area contributed by atoms with Crippen LogP contribution in [0.1, 0.15) is 38.5 Å². The van der Waals surface area contributed by atoms with Crippen molar-refractivity contribution in [2.75, 3.05) is 0 Å². The molecule has 56 valence electrons. The van der Waals surface area contributed by atoms with Gasteiger partial charge in [-0.25, -0.2) is 0 Å². The van der Waals surface area contributed by atoms with Gasteiger partial charge in [0.2, 0.25) is 0 Å². The van der Waals surface area contributed by atoms with Gasteiger partial charge in [-0.3, -0.25) is 0 Å². The molecule has 0 radical (unpaired) electrons. The third kappa shape index (κ3) is 3.95. The first-order chi connectivity index (χ1) is 4.43. The van der Waals surface area contributed by atoms with Crippen LogP contribution in [-0.4, -0.2) is 44.0 Å². The second-order valence-electron chi connectivity index (χ2n) is 2.91. The Hall–Kier alpha value is 0.930. The van der Waals surface area contributed by atoms with E-state index >= 15 is 0 Å². The molecule has 2 heteroatoms. The summed E-state index contributed by atoms with van der Waals surface area (Å²) in [5, 5.41) is 0. The second kappa shape index (κ2) is 6.63. The first kappa shape index (κ1) is 10.9. The molecule has 1 nitrogen and oxygen atoms in total. The van der Waals surface area contributed by atoms with E-state index in [1.54, 1.807) is 0 Å². The molecule has 0 spiro atoms. The molecule has 0 aromatic rings. The van der Waals surface area contributed by atoms with Gasteiger partial charge in [-0.2, -0.15) is 0 Å². The zero-order valence-corrected chi connectivity index (χ0v) is 5.81. The zero-order valence-electron chi connectivity index (χ0n) is 5.81. The van der Waals surface area contributed by atoms with E-state index in [0.717, 1.165) is 18.6 Å². The molecule has 10 heavy (non-hydrogen) atoms. The van der Waals surface area contributed by atoms with Crippen LogP contribution in [0, 0.1) is 5.92 Å². The average Bonchev–Trinajstić information content (AvgIpc) is 1.91. The molecule has 0 saturated heterocycles. The quantitative estimate of drug-likeness (QED) is 0.448. The van der Waals surface area contributed by atoms with E-state index in [0.29, 0.717) is 0 Å². The van der Waals surface area contributed by atoms with Crippen molar-refractivity contribution >= 4 is 44.0 Å². The summed E-state index contributed by atoms with van der Waals surface area (Å²) < 4.78 is 0. The molecule has 0 aromatic carbocycles. The van der Waals surface area contributed by atoms with E-state index in [1.807, 2.05) is 0 Å². The van der Waals surface area contributed by atoms with Crippen molar-refractivity contribution < 1.29 is 4.79 Å². The van der Waals surface area contributed by atoms with Gasteiger partial charge in [-0.1, -0.05) is 32.1 Å². The van der Waals surface area contributed by atoms with E-state index in [1.165, 1.54) is 32.1 Å². The Morgan fingerprint density at radius 3 is 2.30 bits per heavy atom. The Morgan fingerprint density at radius 2 is 1.80 bits per heavy atom. The fourth-order valence-corrected chi connectivity index (χ4v) is 1.56. The number of rotatable bonds is 2. The van der Waals surface area contributed by atoms with Gasteiger partial charge >= 0.3 is 37.7 Å². The zero-order chi connectivity index (χ0) is 6.53. The number of carbonyl (C=O) groups excluding carboxylic acids is 1. The van der Waals surface area contributed by atoms with E-state index < -0.39 is 0 Å². The summed E-state index contributed by atoms with van der Waals surface area (Å²) in [5.74, 6) is 0.733. The summed E-state index contributed by atoms with van der Waals surface area (Å²) in [4.78, 5) is 10.1. The van der Waals surface area contributed by atoms with Crippen LogP contribution in [0.3, 0.4) is 0 Å². The molecule has 1 rings (SSSR count). The van der Waals surface area contributed by atoms with Crippen molar-refractivity contribution in [3.8, 4) is 0 Å². The molecule has 0 aliphatic heterocycles. The predicted molar refractivity (Wildman–Crippen MR) is 45.8 cm³/mol. The maximum atomic E-state index is 10.1. The first-order valence-electron chi connectivity index (χ1n) is 3.87. The third-order valence-electron chi connectivity index (χ3n) is 2.15. The summed E-state index contributed by atoms with van der Waals surface area (Å²) in [6.07, 6.45) is 8.53. The van der Waals surface area contributed by atoms with E-state index in [2.05, 4.69) is 0 Å². The topological polar surface area (TPSA) is 17.1 Å². The van der Waals surface area contributed by atoms with Gasteiger partial charge < -0.3 is 4.79 Å². The molecular formula is C8H16CaO. The average molecular weight is 168 g/mol. The molecule has 1 aliphatic rings. The maximum absolute atomic E-state index is 10.1. The van der Waals surface area contributed by atoms with Crippen molar-refractivity contribution in [3.05, 3.63) is 0 Å². The third-order valence-corrected chi connectivity index (χ3v) is 2.15. The van der Waals surface area contributed by atoms with Crippen molar-refractivity contribution in [1.29, 1.82) is 0 Å². The minimum absolute atomic E-state index is 0. The van der Waals surface area contributed by atoms with E-state index in [-0.39, 0.29) is 37.7 Å². The Balaban J connectivity index is 0.000000810. The van der Waals surface area contributed by atoms with Crippen LogP contribution < -0.4 is 0 Å². The molecule has 0 heterocycles. The van der Waals surface area contributed by atoms with Gasteiger partial charge in [0.25, 0.3) is 0 Å². The molecule has 1 fully saturated rings. The Kier molecular flexibility index (Phi) is 7.24. The van der Waals surface area contributed by atoms with Gasteiger partial charge in [-0.15, -0.1) is 0 Å². The number of hydrogen-bond acceptors (Lipinski definition) is 1. The summed E-state index contributed by atoms with van der Waals surface area (Å²) in [5.41, 5.74) is 0. The molecule has 0 N–H and O–H groups in total. The fraction of sp³-hybridized carbons (Fsp3) is 0.875. The summed E-state index contributed by atoms with van der Waals surface area (Å²) in [7, 11) is 0. The summed E-state index contributed by atoms with van der Waals surface area (Å²) in [6, 6.07) is 0. The van der Waals surface area contributed by atoms with Gasteiger partial charge in [0.1, 0.15) is 6.29 Å². The van der Waals surface area contributed by atoms with Gasteiger partial charge in [0, 0.05) is 6.42 Å².